The van der Waals surface area contributed by atoms with Crippen LogP contribution in [0.3, 0.4) is 0 Å². The van der Waals surface area contributed by atoms with E-state index in [1.54, 1.807) is 0 Å². The molecule has 0 amide bonds. The minimum Gasteiger partial charge on any atom is -0.550 e. The van der Waals surface area contributed by atoms with Gasteiger partial charge in [-0.25, -0.2) is 0 Å². The molecule has 2 radical (unpaired) electrons. The van der Waals surface area contributed by atoms with Crippen molar-refractivity contribution in [3.8, 4) is 0 Å². The summed E-state index contributed by atoms with van der Waals surface area (Å²) in [5.74, 6) is -2.03. The number of hydrogen-bond acceptors (Lipinski definition) is 6. The standard InChI is InChI=1S/2C18H36O3.Pb/c2*1-2-3-4-5-6-7-8-9-10-11-12-14-17(19)15-13-16-18(20)21;/h2*17,19H,2-16H2,1H3,(H,20,21);/q;;+2/p-2. The molecule has 43 heavy (non-hydrogen) atoms. The van der Waals surface area contributed by atoms with Crippen LogP contribution < -0.4 is 10.2 Å². The van der Waals surface area contributed by atoms with Crippen LogP contribution in [0.25, 0.3) is 0 Å². The van der Waals surface area contributed by atoms with E-state index in [1.165, 1.54) is 128 Å². The molecule has 254 valence electrons. The molecule has 0 aromatic rings. The van der Waals surface area contributed by atoms with Crippen molar-refractivity contribution < 1.29 is 30.0 Å². The van der Waals surface area contributed by atoms with Crippen LogP contribution in [0, 0.1) is 0 Å². The number of unbranched alkanes of at least 4 members (excludes halogenated alkanes) is 20. The Morgan fingerprint density at radius 3 is 0.860 bits per heavy atom. The van der Waals surface area contributed by atoms with Crippen molar-refractivity contribution in [3.05, 3.63) is 0 Å². The van der Waals surface area contributed by atoms with Crippen LogP contribution in [0.4, 0.5) is 0 Å². The van der Waals surface area contributed by atoms with Crippen LogP contribution in [0.2, 0.25) is 0 Å². The number of aliphatic hydroxyl groups excluding tert-OH is 2. The molecule has 6 nitrogen and oxygen atoms in total. The summed E-state index contributed by atoms with van der Waals surface area (Å²) in [6.07, 6.45) is 32.2. The fourth-order valence-electron chi connectivity index (χ4n) is 5.34. The van der Waals surface area contributed by atoms with Gasteiger partial charge >= 0.3 is 27.3 Å². The van der Waals surface area contributed by atoms with Gasteiger partial charge in [-0.15, -0.1) is 0 Å². The van der Waals surface area contributed by atoms with Gasteiger partial charge < -0.3 is 30.0 Å². The van der Waals surface area contributed by atoms with Gasteiger partial charge in [0.1, 0.15) is 0 Å². The third kappa shape index (κ3) is 46.3. The number of carbonyl (C=O) groups is 2. The first-order chi connectivity index (χ1) is 20.3. The molecule has 0 heterocycles. The van der Waals surface area contributed by atoms with Gasteiger partial charge in [-0.1, -0.05) is 155 Å². The Morgan fingerprint density at radius 2 is 0.628 bits per heavy atom. The van der Waals surface area contributed by atoms with Gasteiger partial charge in [-0.3, -0.25) is 0 Å². The summed E-state index contributed by atoms with van der Waals surface area (Å²) >= 11 is 0. The summed E-state index contributed by atoms with van der Waals surface area (Å²) in [7, 11) is 0. The SMILES string of the molecule is CCCCCCCCCCCCCC(O)CCCC(=O)[O-].CCCCCCCCCCCCCC(O)CCCC(=O)[O-].[Pb+2]. The fourth-order valence-corrected chi connectivity index (χ4v) is 5.34. The molecule has 0 saturated carbocycles. The average Bonchev–Trinajstić information content (AvgIpc) is 2.94. The van der Waals surface area contributed by atoms with E-state index >= 15 is 0 Å². The minimum absolute atomic E-state index is 0. The Hall–Kier alpha value is -0.218. The Bertz CT molecular complexity index is 512. The molecule has 0 aromatic carbocycles. The van der Waals surface area contributed by atoms with E-state index in [9.17, 15) is 30.0 Å². The third-order valence-electron chi connectivity index (χ3n) is 8.12. The number of rotatable bonds is 32. The van der Waals surface area contributed by atoms with Gasteiger partial charge in [-0.2, -0.15) is 0 Å². The zero-order chi connectivity index (χ0) is 31.5. The van der Waals surface area contributed by atoms with E-state index in [2.05, 4.69) is 13.8 Å². The molecule has 0 rings (SSSR count). The Labute approximate surface area is 286 Å². The average molecular weight is 806 g/mol. The van der Waals surface area contributed by atoms with Crippen molar-refractivity contribution in [2.75, 3.05) is 0 Å². The molecule has 0 saturated heterocycles. The smallest absolute Gasteiger partial charge is 0.550 e. The van der Waals surface area contributed by atoms with E-state index in [0.29, 0.717) is 25.7 Å². The van der Waals surface area contributed by atoms with Crippen LogP contribution >= 0.6 is 0 Å². The Kier molecular flexibility index (Phi) is 43.7. The fraction of sp³-hybridized carbons (Fsp3) is 0.944. The number of hydrogen-bond donors (Lipinski definition) is 2. The summed E-state index contributed by atoms with van der Waals surface area (Å²) in [5.41, 5.74) is 0. The van der Waals surface area contributed by atoms with Crippen molar-refractivity contribution in [1.82, 2.24) is 0 Å². The minimum atomic E-state index is -1.02. The van der Waals surface area contributed by atoms with E-state index in [4.69, 9.17) is 0 Å². The summed E-state index contributed by atoms with van der Waals surface area (Å²) < 4.78 is 0. The summed E-state index contributed by atoms with van der Waals surface area (Å²) in [5, 5.41) is 39.9. The molecular formula is C36H70O6Pb. The number of carboxylic acid groups (broad SMARTS) is 2. The maximum atomic E-state index is 10.2. The van der Waals surface area contributed by atoms with Crippen molar-refractivity contribution in [3.63, 3.8) is 0 Å². The summed E-state index contributed by atoms with van der Waals surface area (Å²) in [6.45, 7) is 4.50. The van der Waals surface area contributed by atoms with Crippen molar-refractivity contribution >= 4 is 39.2 Å². The van der Waals surface area contributed by atoms with E-state index in [1.807, 2.05) is 0 Å². The van der Waals surface area contributed by atoms with Gasteiger partial charge in [0.15, 0.2) is 0 Å². The molecule has 0 aliphatic heterocycles. The van der Waals surface area contributed by atoms with E-state index < -0.39 is 11.9 Å². The predicted molar refractivity (Wildman–Crippen MR) is 178 cm³/mol. The first-order valence-electron chi connectivity index (χ1n) is 18.1. The maximum Gasteiger partial charge on any atom is 2.00 e. The quantitative estimate of drug-likeness (QED) is 0.0535. The van der Waals surface area contributed by atoms with Crippen LogP contribution in [0.1, 0.15) is 206 Å². The zero-order valence-electron chi connectivity index (χ0n) is 28.4. The number of aliphatic hydroxyl groups is 2. The zero-order valence-corrected chi connectivity index (χ0v) is 32.3. The number of carboxylic acids is 2. The number of aliphatic carboxylic acids is 2. The van der Waals surface area contributed by atoms with Gasteiger partial charge in [0, 0.05) is 11.9 Å². The van der Waals surface area contributed by atoms with Crippen molar-refractivity contribution in [1.29, 1.82) is 0 Å². The van der Waals surface area contributed by atoms with Crippen LogP contribution in [-0.2, 0) is 9.59 Å². The first-order valence-corrected chi connectivity index (χ1v) is 18.1. The van der Waals surface area contributed by atoms with Crippen LogP contribution in [0.15, 0.2) is 0 Å². The molecule has 2 N–H and O–H groups in total. The molecule has 0 aromatic heterocycles. The van der Waals surface area contributed by atoms with E-state index in [-0.39, 0.29) is 52.3 Å². The molecule has 0 aliphatic carbocycles. The summed E-state index contributed by atoms with van der Waals surface area (Å²) in [4.78, 5) is 20.5. The molecule has 0 spiro atoms. The van der Waals surface area contributed by atoms with Gasteiger partial charge in [0.05, 0.1) is 12.2 Å². The number of carbonyl (C=O) groups excluding carboxylic acids is 2. The van der Waals surface area contributed by atoms with Crippen LogP contribution in [0.5, 0.6) is 0 Å². The summed E-state index contributed by atoms with van der Waals surface area (Å²) in [6, 6.07) is 0. The molecule has 7 heteroatoms. The van der Waals surface area contributed by atoms with Crippen LogP contribution in [-0.4, -0.2) is 61.7 Å². The maximum absolute atomic E-state index is 10.2. The molecule has 2 atom stereocenters. The van der Waals surface area contributed by atoms with Gasteiger partial charge in [-0.05, 0) is 51.4 Å². The van der Waals surface area contributed by atoms with Crippen molar-refractivity contribution in [2.45, 2.75) is 219 Å². The predicted octanol–water partition coefficient (Wildman–Crippen LogP) is 7.56. The molecule has 2 unspecified atom stereocenters. The second-order valence-electron chi connectivity index (χ2n) is 12.5. The third-order valence-corrected chi connectivity index (χ3v) is 8.12. The Morgan fingerprint density at radius 1 is 0.419 bits per heavy atom. The molecule has 0 fully saturated rings. The van der Waals surface area contributed by atoms with Crippen molar-refractivity contribution in [2.24, 2.45) is 0 Å². The van der Waals surface area contributed by atoms with Gasteiger partial charge in [0.2, 0.25) is 0 Å². The molecule has 0 aliphatic rings. The second-order valence-corrected chi connectivity index (χ2v) is 12.5. The van der Waals surface area contributed by atoms with E-state index in [0.717, 1.165) is 25.7 Å². The normalized spacial score (nSPS) is 12.2. The molecular weight excluding hydrogens is 736 g/mol. The topological polar surface area (TPSA) is 121 Å². The second kappa shape index (κ2) is 39.8. The first kappa shape index (κ1) is 47.2. The Balaban J connectivity index is -0.000000727. The molecule has 0 bridgehead atoms. The largest absolute Gasteiger partial charge is 2.00 e. The monoisotopic (exact) mass is 806 g/mol. The van der Waals surface area contributed by atoms with Gasteiger partial charge in [0.25, 0.3) is 0 Å².